The number of hydrogen-bond donors (Lipinski definition) is 2. The fourth-order valence-electron chi connectivity index (χ4n) is 2.02. The molecule has 0 unspecified atom stereocenters. The Morgan fingerprint density at radius 3 is 3.05 bits per heavy atom. The van der Waals surface area contributed by atoms with Gasteiger partial charge in [-0.25, -0.2) is 0 Å². The van der Waals surface area contributed by atoms with E-state index in [0.717, 1.165) is 28.2 Å². The molecule has 1 amide bonds. The Morgan fingerprint density at radius 2 is 2.30 bits per heavy atom. The summed E-state index contributed by atoms with van der Waals surface area (Å²) in [5, 5.41) is 3.84. The topological polar surface area (TPSA) is 68.0 Å². The third-order valence-corrected chi connectivity index (χ3v) is 3.57. The molecule has 0 spiro atoms. The third-order valence-electron chi connectivity index (χ3n) is 3.14. The standard InChI is InChI=1S/C15H18BrN3O/c1-2-3-6-12(17)15(20)19-13-7-4-5-10-8-11(16)9-18-14(10)13/h4-5,7-9,12H,2-3,6,17H2,1H3,(H,19,20)/t12-/m0/s1. The highest BCUT2D eigenvalue weighted by atomic mass is 79.9. The van der Waals surface area contributed by atoms with E-state index in [1.165, 1.54) is 0 Å². The van der Waals surface area contributed by atoms with Crippen LogP contribution in [0.15, 0.2) is 34.9 Å². The maximum absolute atomic E-state index is 12.1. The van der Waals surface area contributed by atoms with Gasteiger partial charge in [-0.05, 0) is 34.5 Å². The summed E-state index contributed by atoms with van der Waals surface area (Å²) >= 11 is 3.39. The molecule has 20 heavy (non-hydrogen) atoms. The van der Waals surface area contributed by atoms with Crippen LogP contribution in [0.25, 0.3) is 10.9 Å². The lowest BCUT2D eigenvalue weighted by Gasteiger charge is -2.13. The minimum absolute atomic E-state index is 0.157. The van der Waals surface area contributed by atoms with Gasteiger partial charge in [-0.15, -0.1) is 0 Å². The second kappa shape index (κ2) is 6.81. The minimum atomic E-state index is -0.472. The van der Waals surface area contributed by atoms with Gasteiger partial charge in [-0.2, -0.15) is 0 Å². The number of pyridine rings is 1. The summed E-state index contributed by atoms with van der Waals surface area (Å²) in [6.45, 7) is 2.08. The van der Waals surface area contributed by atoms with Crippen molar-refractivity contribution >= 4 is 38.4 Å². The summed E-state index contributed by atoms with van der Waals surface area (Å²) in [6, 6.07) is 7.19. The van der Waals surface area contributed by atoms with E-state index in [2.05, 4.69) is 33.2 Å². The van der Waals surface area contributed by atoms with E-state index in [1.807, 2.05) is 24.3 Å². The molecule has 0 aliphatic rings. The normalized spacial score (nSPS) is 12.3. The molecule has 0 fully saturated rings. The molecule has 0 aliphatic carbocycles. The molecule has 1 aromatic heterocycles. The fraction of sp³-hybridized carbons (Fsp3) is 0.333. The maximum Gasteiger partial charge on any atom is 0.241 e. The highest BCUT2D eigenvalue weighted by molar-refractivity contribution is 9.10. The van der Waals surface area contributed by atoms with Crippen LogP contribution in [0, 0.1) is 0 Å². The number of carbonyl (C=O) groups is 1. The molecule has 3 N–H and O–H groups in total. The first-order chi connectivity index (χ1) is 9.61. The molecule has 0 radical (unpaired) electrons. The molecule has 1 atom stereocenters. The molecule has 1 aromatic carbocycles. The van der Waals surface area contributed by atoms with Crippen molar-refractivity contribution in [3.8, 4) is 0 Å². The van der Waals surface area contributed by atoms with Gasteiger partial charge in [-0.3, -0.25) is 9.78 Å². The van der Waals surface area contributed by atoms with Crippen molar-refractivity contribution in [1.29, 1.82) is 0 Å². The summed E-state index contributed by atoms with van der Waals surface area (Å²) in [6.07, 6.45) is 4.40. The zero-order valence-corrected chi connectivity index (χ0v) is 13.0. The lowest BCUT2D eigenvalue weighted by Crippen LogP contribution is -2.35. The number of aromatic nitrogens is 1. The SMILES string of the molecule is CCCC[C@H](N)C(=O)Nc1cccc2cc(Br)cnc12. The number of hydrogen-bond acceptors (Lipinski definition) is 3. The highest BCUT2D eigenvalue weighted by Gasteiger charge is 2.14. The van der Waals surface area contributed by atoms with E-state index >= 15 is 0 Å². The molecular weight excluding hydrogens is 318 g/mol. The Labute approximate surface area is 126 Å². The number of nitrogens with zero attached hydrogens (tertiary/aromatic N) is 1. The van der Waals surface area contributed by atoms with Crippen LogP contribution in [0.1, 0.15) is 26.2 Å². The largest absolute Gasteiger partial charge is 0.323 e. The van der Waals surface area contributed by atoms with Crippen molar-refractivity contribution in [2.24, 2.45) is 5.73 Å². The molecule has 4 nitrogen and oxygen atoms in total. The predicted octanol–water partition coefficient (Wildman–Crippen LogP) is 3.45. The molecule has 0 saturated carbocycles. The average molecular weight is 336 g/mol. The summed E-state index contributed by atoms with van der Waals surface area (Å²) in [4.78, 5) is 16.4. The lowest BCUT2D eigenvalue weighted by atomic mass is 10.1. The fourth-order valence-corrected chi connectivity index (χ4v) is 2.36. The van der Waals surface area contributed by atoms with Crippen LogP contribution < -0.4 is 11.1 Å². The number of nitrogens with two attached hydrogens (primary N) is 1. The van der Waals surface area contributed by atoms with Crippen LogP contribution >= 0.6 is 15.9 Å². The summed E-state index contributed by atoms with van der Waals surface area (Å²) in [7, 11) is 0. The summed E-state index contributed by atoms with van der Waals surface area (Å²) < 4.78 is 0.910. The summed E-state index contributed by atoms with van der Waals surface area (Å²) in [5.41, 5.74) is 7.35. The van der Waals surface area contributed by atoms with Crippen molar-refractivity contribution in [2.75, 3.05) is 5.32 Å². The van der Waals surface area contributed by atoms with Gasteiger partial charge in [0.15, 0.2) is 0 Å². The zero-order chi connectivity index (χ0) is 14.5. The number of benzene rings is 1. The van der Waals surface area contributed by atoms with E-state index in [-0.39, 0.29) is 5.91 Å². The number of para-hydroxylation sites is 1. The second-order valence-electron chi connectivity index (χ2n) is 4.77. The summed E-state index contributed by atoms with van der Waals surface area (Å²) in [5.74, 6) is -0.157. The van der Waals surface area contributed by atoms with Crippen molar-refractivity contribution < 1.29 is 4.79 Å². The number of nitrogens with one attached hydrogen (secondary N) is 1. The smallest absolute Gasteiger partial charge is 0.241 e. The van der Waals surface area contributed by atoms with E-state index in [0.29, 0.717) is 12.1 Å². The second-order valence-corrected chi connectivity index (χ2v) is 5.68. The van der Waals surface area contributed by atoms with Gasteiger partial charge in [0, 0.05) is 16.1 Å². The molecule has 2 rings (SSSR count). The van der Waals surface area contributed by atoms with Crippen molar-refractivity contribution in [2.45, 2.75) is 32.2 Å². The Bertz CT molecular complexity index is 615. The zero-order valence-electron chi connectivity index (χ0n) is 11.4. The van der Waals surface area contributed by atoms with E-state index in [1.54, 1.807) is 6.20 Å². The quantitative estimate of drug-likeness (QED) is 0.879. The van der Waals surface area contributed by atoms with Crippen LogP contribution in [-0.4, -0.2) is 16.9 Å². The van der Waals surface area contributed by atoms with Gasteiger partial charge in [-0.1, -0.05) is 31.9 Å². The van der Waals surface area contributed by atoms with E-state index in [4.69, 9.17) is 5.73 Å². The van der Waals surface area contributed by atoms with Crippen LogP contribution in [0.3, 0.4) is 0 Å². The van der Waals surface area contributed by atoms with Gasteiger partial charge < -0.3 is 11.1 Å². The first-order valence-corrected chi connectivity index (χ1v) is 7.52. The number of anilines is 1. The molecule has 5 heteroatoms. The first-order valence-electron chi connectivity index (χ1n) is 6.72. The van der Waals surface area contributed by atoms with Gasteiger partial charge >= 0.3 is 0 Å². The molecule has 1 heterocycles. The number of carbonyl (C=O) groups excluding carboxylic acids is 1. The molecule has 2 aromatic rings. The molecule has 0 aliphatic heterocycles. The first kappa shape index (κ1) is 14.9. The number of fused-ring (bicyclic) bond motifs is 1. The Hall–Kier alpha value is -1.46. The van der Waals surface area contributed by atoms with Crippen LogP contribution in [0.4, 0.5) is 5.69 Å². The highest BCUT2D eigenvalue weighted by Crippen LogP contribution is 2.24. The lowest BCUT2D eigenvalue weighted by molar-refractivity contribution is -0.117. The van der Waals surface area contributed by atoms with Crippen molar-refractivity contribution in [3.63, 3.8) is 0 Å². The number of unbranched alkanes of at least 4 members (excludes halogenated alkanes) is 1. The Morgan fingerprint density at radius 1 is 1.50 bits per heavy atom. The van der Waals surface area contributed by atoms with Gasteiger partial charge in [0.1, 0.15) is 0 Å². The molecule has 0 saturated heterocycles. The predicted molar refractivity (Wildman–Crippen MR) is 85.6 cm³/mol. The number of amides is 1. The Kier molecular flexibility index (Phi) is 5.09. The van der Waals surface area contributed by atoms with Gasteiger partial charge in [0.25, 0.3) is 0 Å². The van der Waals surface area contributed by atoms with Crippen LogP contribution in [0.2, 0.25) is 0 Å². The minimum Gasteiger partial charge on any atom is -0.323 e. The van der Waals surface area contributed by atoms with E-state index in [9.17, 15) is 4.79 Å². The molecular formula is C15H18BrN3O. The number of rotatable bonds is 5. The van der Waals surface area contributed by atoms with Crippen LogP contribution in [-0.2, 0) is 4.79 Å². The monoisotopic (exact) mass is 335 g/mol. The van der Waals surface area contributed by atoms with Crippen LogP contribution in [0.5, 0.6) is 0 Å². The molecule has 0 bridgehead atoms. The number of halogens is 1. The third kappa shape index (κ3) is 3.55. The maximum atomic E-state index is 12.1. The Balaban J connectivity index is 2.19. The van der Waals surface area contributed by atoms with Gasteiger partial charge in [0.2, 0.25) is 5.91 Å². The van der Waals surface area contributed by atoms with Crippen molar-refractivity contribution in [3.05, 3.63) is 34.9 Å². The van der Waals surface area contributed by atoms with E-state index < -0.39 is 6.04 Å². The molecule has 106 valence electrons. The van der Waals surface area contributed by atoms with Gasteiger partial charge in [0.05, 0.1) is 17.2 Å². The van der Waals surface area contributed by atoms with Crippen molar-refractivity contribution in [1.82, 2.24) is 4.98 Å². The average Bonchev–Trinajstić information content (AvgIpc) is 2.44.